The Bertz CT molecular complexity index is 577. The van der Waals surface area contributed by atoms with Gasteiger partial charge in [-0.25, -0.2) is 0 Å². The maximum Gasteiger partial charge on any atom is 1.00 e. The van der Waals surface area contributed by atoms with Crippen LogP contribution >= 0.6 is 0 Å². The molecule has 0 radical (unpaired) electrons. The number of aromatic nitrogens is 1. The number of aliphatic carboxylic acids is 1. The second-order valence-electron chi connectivity index (χ2n) is 3.64. The molecule has 3 nitrogen and oxygen atoms in total. The molecule has 18 heavy (non-hydrogen) atoms. The summed E-state index contributed by atoms with van der Waals surface area (Å²) in [6.07, 6.45) is -4.76. The van der Waals surface area contributed by atoms with Crippen LogP contribution in [0.3, 0.4) is 0 Å². The molecule has 0 aliphatic heterocycles. The van der Waals surface area contributed by atoms with Gasteiger partial charge in [0, 0.05) is 23.6 Å². The van der Waals surface area contributed by atoms with Gasteiger partial charge in [0.15, 0.2) is 0 Å². The number of nitrogens with one attached hydrogen (secondary N) is 1. The topological polar surface area (TPSA) is 55.9 Å². The second kappa shape index (κ2) is 5.08. The molecule has 0 fully saturated rings. The first-order valence-corrected chi connectivity index (χ1v) is 4.75. The Kier molecular flexibility index (Phi) is 4.15. The third kappa shape index (κ3) is 3.09. The van der Waals surface area contributed by atoms with E-state index in [0.29, 0.717) is 11.1 Å². The Balaban J connectivity index is 0.00000162. The molecule has 0 spiro atoms. The van der Waals surface area contributed by atoms with Crippen molar-refractivity contribution in [3.63, 3.8) is 0 Å². The molecule has 0 saturated heterocycles. The van der Waals surface area contributed by atoms with Gasteiger partial charge < -0.3 is 14.9 Å². The van der Waals surface area contributed by atoms with Crippen molar-refractivity contribution in [2.24, 2.45) is 0 Å². The number of halogens is 3. The van der Waals surface area contributed by atoms with Gasteiger partial charge in [-0.1, -0.05) is 6.07 Å². The monoisotopic (exact) mass is 249 g/mol. The molecule has 7 heteroatoms. The molecule has 1 aromatic carbocycles. The minimum Gasteiger partial charge on any atom is -0.550 e. The van der Waals surface area contributed by atoms with Crippen molar-refractivity contribution in [2.45, 2.75) is 12.6 Å². The molecule has 2 rings (SSSR count). The summed E-state index contributed by atoms with van der Waals surface area (Å²) in [5, 5.41) is 10.9. The number of benzene rings is 1. The average molecular weight is 249 g/mol. The Labute approximate surface area is 112 Å². The Hall–Kier alpha value is -1.38. The number of fused-ring (bicyclic) bond motifs is 1. The van der Waals surface area contributed by atoms with Crippen LogP contribution < -0.4 is 24.0 Å². The molecular formula is C11H7F3LiNO2. The van der Waals surface area contributed by atoms with E-state index in [0.717, 1.165) is 12.1 Å². The fourth-order valence-corrected chi connectivity index (χ4v) is 1.61. The number of H-pyrrole nitrogens is 1. The first-order chi connectivity index (χ1) is 7.86. The molecule has 0 aliphatic rings. The molecule has 0 aliphatic carbocycles. The average Bonchev–Trinajstić information content (AvgIpc) is 2.55. The van der Waals surface area contributed by atoms with Gasteiger partial charge in [0.25, 0.3) is 0 Å². The molecule has 0 unspecified atom stereocenters. The summed E-state index contributed by atoms with van der Waals surface area (Å²) in [6, 6.07) is 4.70. The van der Waals surface area contributed by atoms with Gasteiger partial charge in [-0.05, 0) is 23.6 Å². The molecule has 0 atom stereocenters. The predicted molar refractivity (Wildman–Crippen MR) is 52.0 cm³/mol. The van der Waals surface area contributed by atoms with E-state index in [2.05, 4.69) is 4.98 Å². The molecular weight excluding hydrogens is 242 g/mol. The standard InChI is InChI=1S/C11H8F3NO2.Li/c12-11(13,14)7-2-1-6-3-8(5-10(16)17)15-9(6)4-7;/h1-4,15H,5H2,(H,16,17);/q;+1/p-1. The van der Waals surface area contributed by atoms with Gasteiger partial charge in [-0.3, -0.25) is 0 Å². The van der Waals surface area contributed by atoms with E-state index < -0.39 is 17.7 Å². The van der Waals surface area contributed by atoms with E-state index in [4.69, 9.17) is 0 Å². The number of carboxylic acids is 1. The van der Waals surface area contributed by atoms with Crippen LogP contribution in [0.4, 0.5) is 13.2 Å². The van der Waals surface area contributed by atoms with Crippen molar-refractivity contribution in [1.82, 2.24) is 4.98 Å². The fraction of sp³-hybridized carbons (Fsp3) is 0.182. The SMILES string of the molecule is O=C([O-])Cc1cc2ccc(C(F)(F)F)cc2[nH]1.[Li+]. The summed E-state index contributed by atoms with van der Waals surface area (Å²) in [5.74, 6) is -1.28. The van der Waals surface area contributed by atoms with Crippen molar-refractivity contribution in [2.75, 3.05) is 0 Å². The zero-order valence-corrected chi connectivity index (χ0v) is 9.47. The largest absolute Gasteiger partial charge is 1.00 e. The van der Waals surface area contributed by atoms with Crippen LogP contribution in [-0.4, -0.2) is 11.0 Å². The minimum atomic E-state index is -4.41. The van der Waals surface area contributed by atoms with Crippen LogP contribution in [0.5, 0.6) is 0 Å². The molecule has 1 aromatic heterocycles. The Morgan fingerprint density at radius 2 is 1.94 bits per heavy atom. The number of hydrogen-bond acceptors (Lipinski definition) is 2. The van der Waals surface area contributed by atoms with Gasteiger partial charge in [0.1, 0.15) is 0 Å². The smallest absolute Gasteiger partial charge is 0.550 e. The van der Waals surface area contributed by atoms with Crippen LogP contribution in [0.15, 0.2) is 24.3 Å². The number of aromatic amines is 1. The van der Waals surface area contributed by atoms with Crippen molar-refractivity contribution in [1.29, 1.82) is 0 Å². The summed E-state index contributed by atoms with van der Waals surface area (Å²) in [5.41, 5.74) is -0.192. The van der Waals surface area contributed by atoms with Crippen molar-refractivity contribution in [3.05, 3.63) is 35.5 Å². The first-order valence-electron chi connectivity index (χ1n) is 4.75. The van der Waals surface area contributed by atoms with E-state index in [1.807, 2.05) is 0 Å². The van der Waals surface area contributed by atoms with Crippen molar-refractivity contribution >= 4 is 16.9 Å². The van der Waals surface area contributed by atoms with Crippen LogP contribution in [0, 0.1) is 0 Å². The molecule has 1 heterocycles. The van der Waals surface area contributed by atoms with Crippen LogP contribution in [-0.2, 0) is 17.4 Å². The molecule has 2 aromatic rings. The van der Waals surface area contributed by atoms with E-state index in [9.17, 15) is 23.1 Å². The molecule has 0 amide bonds. The summed E-state index contributed by atoms with van der Waals surface area (Å²) in [7, 11) is 0. The van der Waals surface area contributed by atoms with Crippen molar-refractivity contribution < 1.29 is 41.9 Å². The number of carbonyl (C=O) groups excluding carboxylic acids is 1. The zero-order chi connectivity index (χ0) is 12.6. The Morgan fingerprint density at radius 1 is 1.28 bits per heavy atom. The van der Waals surface area contributed by atoms with Crippen LogP contribution in [0.1, 0.15) is 11.3 Å². The molecule has 1 N–H and O–H groups in total. The fourth-order valence-electron chi connectivity index (χ4n) is 1.61. The maximum absolute atomic E-state index is 12.4. The van der Waals surface area contributed by atoms with Crippen LogP contribution in [0.2, 0.25) is 0 Å². The van der Waals surface area contributed by atoms with E-state index in [-0.39, 0.29) is 30.8 Å². The third-order valence-electron chi connectivity index (χ3n) is 2.34. The summed E-state index contributed by atoms with van der Waals surface area (Å²) in [6.45, 7) is 0. The quantitative estimate of drug-likeness (QED) is 0.657. The number of alkyl halides is 3. The van der Waals surface area contributed by atoms with E-state index in [1.165, 1.54) is 12.1 Å². The summed E-state index contributed by atoms with van der Waals surface area (Å²) in [4.78, 5) is 13.0. The number of carbonyl (C=O) groups is 1. The number of rotatable bonds is 2. The van der Waals surface area contributed by atoms with E-state index >= 15 is 0 Å². The second-order valence-corrected chi connectivity index (χ2v) is 3.64. The zero-order valence-electron chi connectivity index (χ0n) is 9.47. The number of hydrogen-bond donors (Lipinski definition) is 1. The van der Waals surface area contributed by atoms with Crippen LogP contribution in [0.25, 0.3) is 10.9 Å². The normalized spacial score (nSPS) is 11.3. The summed E-state index contributed by atoms with van der Waals surface area (Å²) >= 11 is 0. The van der Waals surface area contributed by atoms with Crippen molar-refractivity contribution in [3.8, 4) is 0 Å². The van der Waals surface area contributed by atoms with Gasteiger partial charge in [-0.15, -0.1) is 0 Å². The Morgan fingerprint density at radius 3 is 2.50 bits per heavy atom. The maximum atomic E-state index is 12.4. The number of carboxylic acid groups (broad SMARTS) is 1. The van der Waals surface area contributed by atoms with Gasteiger partial charge in [0.05, 0.1) is 5.56 Å². The van der Waals surface area contributed by atoms with Gasteiger partial charge in [-0.2, -0.15) is 13.2 Å². The minimum absolute atomic E-state index is 0. The molecule has 0 bridgehead atoms. The third-order valence-corrected chi connectivity index (χ3v) is 2.34. The van der Waals surface area contributed by atoms with E-state index in [1.54, 1.807) is 0 Å². The predicted octanol–water partition coefficient (Wildman–Crippen LogP) is -1.52. The van der Waals surface area contributed by atoms with Gasteiger partial charge in [0.2, 0.25) is 0 Å². The first kappa shape index (κ1) is 14.7. The summed E-state index contributed by atoms with van der Waals surface area (Å²) < 4.78 is 37.2. The van der Waals surface area contributed by atoms with Gasteiger partial charge >= 0.3 is 25.0 Å². The molecule has 0 saturated carbocycles. The molecule has 90 valence electrons.